The van der Waals surface area contributed by atoms with Crippen LogP contribution in [0.2, 0.25) is 0 Å². The van der Waals surface area contributed by atoms with Gasteiger partial charge in [0.25, 0.3) is 11.7 Å². The third-order valence-electron chi connectivity index (χ3n) is 6.31. The van der Waals surface area contributed by atoms with Gasteiger partial charge in [0, 0.05) is 24.5 Å². The van der Waals surface area contributed by atoms with Crippen molar-refractivity contribution in [3.8, 4) is 11.5 Å². The lowest BCUT2D eigenvalue weighted by molar-refractivity contribution is -0.140. The molecule has 0 bridgehead atoms. The maximum absolute atomic E-state index is 13.3. The van der Waals surface area contributed by atoms with E-state index in [1.54, 1.807) is 23.1 Å². The summed E-state index contributed by atoms with van der Waals surface area (Å²) in [4.78, 5) is 34.3. The van der Waals surface area contributed by atoms with Gasteiger partial charge in [0.15, 0.2) is 11.5 Å². The SMILES string of the molecule is CCCOc1ccc(C2/C(=C(\O)c3ccncc3)C(=O)C(=O)N2CCCN(CC)CC)cc1OCC. The molecule has 8 nitrogen and oxygen atoms in total. The number of aliphatic hydroxyl groups excluding tert-OH is 1. The molecule has 2 heterocycles. The molecule has 1 saturated heterocycles. The van der Waals surface area contributed by atoms with Gasteiger partial charge in [-0.25, -0.2) is 0 Å². The number of benzene rings is 1. The number of amides is 1. The fraction of sp³-hybridized carbons (Fsp3) is 0.464. The first-order valence-corrected chi connectivity index (χ1v) is 12.8. The highest BCUT2D eigenvalue weighted by atomic mass is 16.5. The molecule has 1 aliphatic heterocycles. The van der Waals surface area contributed by atoms with E-state index in [9.17, 15) is 14.7 Å². The number of pyridine rings is 1. The van der Waals surface area contributed by atoms with Crippen molar-refractivity contribution in [2.24, 2.45) is 0 Å². The third-order valence-corrected chi connectivity index (χ3v) is 6.31. The van der Waals surface area contributed by atoms with Crippen molar-refractivity contribution in [2.45, 2.75) is 46.6 Å². The van der Waals surface area contributed by atoms with Crippen LogP contribution in [0.1, 0.15) is 57.7 Å². The van der Waals surface area contributed by atoms with Crippen LogP contribution in [-0.2, 0) is 9.59 Å². The maximum atomic E-state index is 13.3. The number of aromatic nitrogens is 1. The predicted octanol–water partition coefficient (Wildman–Crippen LogP) is 4.42. The quantitative estimate of drug-likeness (QED) is 0.250. The minimum Gasteiger partial charge on any atom is -0.507 e. The lowest BCUT2D eigenvalue weighted by Gasteiger charge is -2.27. The Morgan fingerprint density at radius 3 is 2.39 bits per heavy atom. The van der Waals surface area contributed by atoms with Crippen molar-refractivity contribution in [1.82, 2.24) is 14.8 Å². The van der Waals surface area contributed by atoms with Gasteiger partial charge in [0.1, 0.15) is 5.76 Å². The Labute approximate surface area is 213 Å². The van der Waals surface area contributed by atoms with Gasteiger partial charge in [-0.3, -0.25) is 14.6 Å². The number of hydrogen-bond donors (Lipinski definition) is 1. The fourth-order valence-corrected chi connectivity index (χ4v) is 4.42. The molecule has 1 aliphatic rings. The molecule has 0 radical (unpaired) electrons. The van der Waals surface area contributed by atoms with Crippen LogP contribution in [0, 0.1) is 0 Å². The normalized spacial score (nSPS) is 17.1. The van der Waals surface area contributed by atoms with Crippen molar-refractivity contribution in [1.29, 1.82) is 0 Å². The average Bonchev–Trinajstić information content (AvgIpc) is 3.15. The van der Waals surface area contributed by atoms with Gasteiger partial charge >= 0.3 is 0 Å². The molecule has 1 atom stereocenters. The van der Waals surface area contributed by atoms with Gasteiger partial charge in [0.2, 0.25) is 0 Å². The molecule has 36 heavy (non-hydrogen) atoms. The molecule has 1 unspecified atom stereocenters. The molecule has 194 valence electrons. The van der Waals surface area contributed by atoms with E-state index in [0.29, 0.717) is 48.8 Å². The summed E-state index contributed by atoms with van der Waals surface area (Å²) in [6.07, 6.45) is 4.64. The standard InChI is InChI=1S/C28H37N3O5/c1-5-18-36-22-11-10-21(19-23(22)35-8-4)25-24(26(32)20-12-14-29-15-13-20)27(33)28(34)31(25)17-9-16-30(6-2)7-3/h10-15,19,25,32H,5-9,16-18H2,1-4H3/b26-24+. The second-order valence-corrected chi connectivity index (χ2v) is 8.60. The Morgan fingerprint density at radius 2 is 1.75 bits per heavy atom. The van der Waals surface area contributed by atoms with Crippen molar-refractivity contribution < 1.29 is 24.2 Å². The predicted molar refractivity (Wildman–Crippen MR) is 139 cm³/mol. The van der Waals surface area contributed by atoms with E-state index in [-0.39, 0.29) is 11.3 Å². The van der Waals surface area contributed by atoms with Crippen LogP contribution in [-0.4, -0.2) is 71.0 Å². The average molecular weight is 496 g/mol. The topological polar surface area (TPSA) is 92.2 Å². The number of carbonyl (C=O) groups is 2. The number of ether oxygens (including phenoxy) is 2. The van der Waals surface area contributed by atoms with Gasteiger partial charge in [0.05, 0.1) is 24.8 Å². The van der Waals surface area contributed by atoms with Crippen LogP contribution in [0.5, 0.6) is 11.5 Å². The van der Waals surface area contributed by atoms with E-state index < -0.39 is 17.7 Å². The molecule has 1 aromatic heterocycles. The molecular formula is C28H37N3O5. The molecule has 2 aromatic rings. The molecule has 0 spiro atoms. The summed E-state index contributed by atoms with van der Waals surface area (Å²) in [5.41, 5.74) is 1.18. The molecule has 0 saturated carbocycles. The van der Waals surface area contributed by atoms with Gasteiger partial charge in [-0.2, -0.15) is 0 Å². The van der Waals surface area contributed by atoms with Crippen molar-refractivity contribution in [3.63, 3.8) is 0 Å². The Hall–Kier alpha value is -3.39. The van der Waals surface area contributed by atoms with Crippen molar-refractivity contribution in [2.75, 3.05) is 39.4 Å². The second-order valence-electron chi connectivity index (χ2n) is 8.60. The Bertz CT molecular complexity index is 1070. The lowest BCUT2D eigenvalue weighted by Crippen LogP contribution is -2.33. The van der Waals surface area contributed by atoms with Crippen LogP contribution < -0.4 is 9.47 Å². The van der Waals surface area contributed by atoms with E-state index >= 15 is 0 Å². The van der Waals surface area contributed by atoms with Gasteiger partial charge in [-0.1, -0.05) is 26.8 Å². The number of rotatable bonds is 13. The van der Waals surface area contributed by atoms with E-state index in [2.05, 4.69) is 23.7 Å². The number of likely N-dealkylation sites (tertiary alicyclic amines) is 1. The number of carbonyl (C=O) groups excluding carboxylic acids is 2. The smallest absolute Gasteiger partial charge is 0.295 e. The van der Waals surface area contributed by atoms with Crippen LogP contribution in [0.3, 0.4) is 0 Å². The molecular weight excluding hydrogens is 458 g/mol. The highest BCUT2D eigenvalue weighted by Gasteiger charge is 2.46. The minimum atomic E-state index is -0.741. The van der Waals surface area contributed by atoms with Gasteiger partial charge in [-0.15, -0.1) is 0 Å². The van der Waals surface area contributed by atoms with Crippen molar-refractivity contribution in [3.05, 3.63) is 59.4 Å². The number of ketones is 1. The summed E-state index contributed by atoms with van der Waals surface area (Å²) in [6, 6.07) is 7.94. The maximum Gasteiger partial charge on any atom is 0.295 e. The summed E-state index contributed by atoms with van der Waals surface area (Å²) in [5, 5.41) is 11.2. The summed E-state index contributed by atoms with van der Waals surface area (Å²) in [7, 11) is 0. The Kier molecular flexibility index (Phi) is 9.87. The molecule has 1 N–H and O–H groups in total. The Morgan fingerprint density at radius 1 is 1.03 bits per heavy atom. The summed E-state index contributed by atoms with van der Waals surface area (Å²) >= 11 is 0. The highest BCUT2D eigenvalue weighted by molar-refractivity contribution is 6.46. The number of aliphatic hydroxyl groups is 1. The van der Waals surface area contributed by atoms with Crippen LogP contribution in [0.25, 0.3) is 5.76 Å². The first kappa shape index (κ1) is 27.2. The molecule has 1 fully saturated rings. The minimum absolute atomic E-state index is 0.0683. The van der Waals surface area contributed by atoms with E-state index in [1.165, 1.54) is 12.4 Å². The first-order valence-electron chi connectivity index (χ1n) is 12.8. The molecule has 1 aromatic carbocycles. The number of Topliss-reactive ketones (excluding diaryl/α,β-unsaturated/α-hetero) is 1. The van der Waals surface area contributed by atoms with Gasteiger partial charge < -0.3 is 24.4 Å². The summed E-state index contributed by atoms with van der Waals surface area (Å²) in [6.45, 7) is 12.1. The first-order chi connectivity index (χ1) is 17.5. The van der Waals surface area contributed by atoms with Gasteiger partial charge in [-0.05, 0) is 69.2 Å². The van der Waals surface area contributed by atoms with E-state index in [1.807, 2.05) is 26.0 Å². The lowest BCUT2D eigenvalue weighted by atomic mass is 9.95. The van der Waals surface area contributed by atoms with Crippen LogP contribution in [0.15, 0.2) is 48.3 Å². The summed E-state index contributed by atoms with van der Waals surface area (Å²) < 4.78 is 11.7. The fourth-order valence-electron chi connectivity index (χ4n) is 4.42. The van der Waals surface area contributed by atoms with Crippen LogP contribution >= 0.6 is 0 Å². The summed E-state index contributed by atoms with van der Waals surface area (Å²) in [5.74, 6) is -0.367. The second kappa shape index (κ2) is 13.1. The monoisotopic (exact) mass is 495 g/mol. The molecule has 1 amide bonds. The molecule has 8 heteroatoms. The zero-order valence-electron chi connectivity index (χ0n) is 21.7. The van der Waals surface area contributed by atoms with Crippen molar-refractivity contribution >= 4 is 17.4 Å². The molecule has 0 aliphatic carbocycles. The highest BCUT2D eigenvalue weighted by Crippen LogP contribution is 2.42. The zero-order chi connectivity index (χ0) is 26.1. The van der Waals surface area contributed by atoms with Crippen LogP contribution in [0.4, 0.5) is 0 Å². The number of nitrogens with zero attached hydrogens (tertiary/aromatic N) is 3. The Balaban J connectivity index is 2.07. The van der Waals surface area contributed by atoms with E-state index in [4.69, 9.17) is 9.47 Å². The molecule has 3 rings (SSSR count). The number of hydrogen-bond acceptors (Lipinski definition) is 7. The zero-order valence-corrected chi connectivity index (χ0v) is 21.7. The van der Waals surface area contributed by atoms with E-state index in [0.717, 1.165) is 26.1 Å². The third kappa shape index (κ3) is 6.05. The largest absolute Gasteiger partial charge is 0.507 e.